The number of nitrogens with zero attached hydrogens (tertiary/aromatic N) is 7. The van der Waals surface area contributed by atoms with E-state index in [2.05, 4.69) is 28.4 Å². The van der Waals surface area contributed by atoms with Crippen molar-refractivity contribution >= 4 is 46.5 Å². The number of hydrogen-bond donors (Lipinski definition) is 2. The van der Waals surface area contributed by atoms with E-state index in [0.717, 1.165) is 12.8 Å². The fourth-order valence-electron chi connectivity index (χ4n) is 5.58. The summed E-state index contributed by atoms with van der Waals surface area (Å²) < 4.78 is 2.13. The zero-order chi connectivity index (χ0) is 27.8. The Balaban J connectivity index is 1.74. The molecule has 0 bridgehead atoms. The lowest BCUT2D eigenvalue weighted by Crippen LogP contribution is -2.54. The largest absolute Gasteiger partial charge is 0.463 e. The van der Waals surface area contributed by atoms with Crippen LogP contribution in [0.5, 0.6) is 0 Å². The first kappa shape index (κ1) is 26.9. The molecular formula is C27H33ClN8O3. The molecule has 12 heteroatoms. The standard InChI is InChI=1S/C27H33ClN8O3/c1-15-7-9-17(10-8-15)13-36-22-21(18-5-4-6-19(28)11-18)30-25(23(29)31-27(38)39)32-24(22)33-26(36)35-14-20(37)34(3)12-16(35)2/h4-6,11,15-17H,7-10,12-14H2,1-3H3,(H2,29,31)(H,38,39). The van der Waals surface area contributed by atoms with Crippen molar-refractivity contribution in [3.63, 3.8) is 0 Å². The number of amidine groups is 1. The number of anilines is 1. The zero-order valence-electron chi connectivity index (χ0n) is 22.3. The van der Waals surface area contributed by atoms with E-state index in [0.29, 0.717) is 58.3 Å². The number of amides is 2. The number of hydrogen-bond acceptors (Lipinski definition) is 6. The second kappa shape index (κ2) is 10.8. The minimum absolute atomic E-state index is 0.0119. The third-order valence-corrected chi connectivity index (χ3v) is 8.00. The van der Waals surface area contributed by atoms with Crippen LogP contribution < -0.4 is 10.6 Å². The lowest BCUT2D eigenvalue weighted by molar-refractivity contribution is -0.130. The Bertz CT molecular complexity index is 1450. The maximum atomic E-state index is 12.8. The first-order valence-corrected chi connectivity index (χ1v) is 13.6. The van der Waals surface area contributed by atoms with Crippen LogP contribution in [0.4, 0.5) is 10.7 Å². The van der Waals surface area contributed by atoms with E-state index in [1.807, 2.05) is 24.1 Å². The molecule has 1 saturated heterocycles. The van der Waals surface area contributed by atoms with Crippen LogP contribution >= 0.6 is 11.6 Å². The van der Waals surface area contributed by atoms with Crippen molar-refractivity contribution in [2.45, 2.75) is 52.1 Å². The average Bonchev–Trinajstić information content (AvgIpc) is 3.24. The normalized spacial score (nSPS) is 22.5. The summed E-state index contributed by atoms with van der Waals surface area (Å²) in [4.78, 5) is 45.4. The second-order valence-electron chi connectivity index (χ2n) is 10.8. The Hall–Kier alpha value is -3.73. The number of nitrogens with two attached hydrogens (primary N) is 1. The molecule has 1 saturated carbocycles. The topological polar surface area (TPSA) is 143 Å². The Morgan fingerprint density at radius 1 is 1.18 bits per heavy atom. The molecule has 2 aliphatic rings. The van der Waals surface area contributed by atoms with Gasteiger partial charge in [-0.3, -0.25) is 4.79 Å². The highest BCUT2D eigenvalue weighted by Crippen LogP contribution is 2.36. The zero-order valence-corrected chi connectivity index (χ0v) is 23.1. The van der Waals surface area contributed by atoms with Crippen molar-refractivity contribution in [2.24, 2.45) is 22.6 Å². The lowest BCUT2D eigenvalue weighted by Gasteiger charge is -2.38. The quantitative estimate of drug-likeness (QED) is 0.357. The highest BCUT2D eigenvalue weighted by atomic mass is 35.5. The number of fused-ring (bicyclic) bond motifs is 1. The van der Waals surface area contributed by atoms with Crippen LogP contribution in [0.3, 0.4) is 0 Å². The van der Waals surface area contributed by atoms with E-state index in [1.165, 1.54) is 12.8 Å². The van der Waals surface area contributed by atoms with Crippen molar-refractivity contribution in [1.82, 2.24) is 24.4 Å². The molecule has 1 atom stereocenters. The Labute approximate surface area is 231 Å². The van der Waals surface area contributed by atoms with Gasteiger partial charge < -0.3 is 25.2 Å². The van der Waals surface area contributed by atoms with E-state index >= 15 is 0 Å². The van der Waals surface area contributed by atoms with Gasteiger partial charge in [0.2, 0.25) is 11.9 Å². The molecule has 3 heterocycles. The molecule has 1 aliphatic heterocycles. The minimum atomic E-state index is -1.44. The highest BCUT2D eigenvalue weighted by molar-refractivity contribution is 6.30. The van der Waals surface area contributed by atoms with Gasteiger partial charge >= 0.3 is 6.09 Å². The average molecular weight is 553 g/mol. The molecule has 2 amide bonds. The third-order valence-electron chi connectivity index (χ3n) is 7.76. The summed E-state index contributed by atoms with van der Waals surface area (Å²) in [7, 11) is 1.81. The van der Waals surface area contributed by atoms with Crippen LogP contribution in [0.2, 0.25) is 5.02 Å². The van der Waals surface area contributed by atoms with Crippen LogP contribution in [0.1, 0.15) is 45.4 Å². The molecule has 39 heavy (non-hydrogen) atoms. The number of likely N-dealkylation sites (N-methyl/N-ethyl adjacent to an activating group) is 1. The highest BCUT2D eigenvalue weighted by Gasteiger charge is 2.33. The number of aliphatic imine (C=N–C) groups is 1. The van der Waals surface area contributed by atoms with Crippen molar-refractivity contribution in [2.75, 3.05) is 25.0 Å². The summed E-state index contributed by atoms with van der Waals surface area (Å²) in [6, 6.07) is 7.29. The molecule has 0 spiro atoms. The number of rotatable bonds is 5. The van der Waals surface area contributed by atoms with Gasteiger partial charge in [-0.25, -0.2) is 14.8 Å². The van der Waals surface area contributed by atoms with Gasteiger partial charge in [-0.05, 0) is 43.7 Å². The summed E-state index contributed by atoms with van der Waals surface area (Å²) in [6.45, 7) is 5.82. The van der Waals surface area contributed by atoms with Gasteiger partial charge in [0.05, 0.1) is 0 Å². The Morgan fingerprint density at radius 3 is 2.62 bits per heavy atom. The molecule has 3 aromatic rings. The first-order chi connectivity index (χ1) is 18.6. The molecule has 206 valence electrons. The van der Waals surface area contributed by atoms with Gasteiger partial charge in [-0.15, -0.1) is 0 Å². The predicted molar refractivity (Wildman–Crippen MR) is 150 cm³/mol. The maximum Gasteiger partial charge on any atom is 0.433 e. The second-order valence-corrected chi connectivity index (χ2v) is 11.2. The summed E-state index contributed by atoms with van der Waals surface area (Å²) in [5.74, 6) is 1.43. The van der Waals surface area contributed by atoms with E-state index in [4.69, 9.17) is 27.3 Å². The van der Waals surface area contributed by atoms with Gasteiger partial charge in [-0.1, -0.05) is 43.5 Å². The van der Waals surface area contributed by atoms with Crippen molar-refractivity contribution in [3.8, 4) is 11.3 Å². The predicted octanol–water partition coefficient (Wildman–Crippen LogP) is 4.02. The summed E-state index contributed by atoms with van der Waals surface area (Å²) in [5.41, 5.74) is 8.28. The molecule has 2 aromatic heterocycles. The smallest absolute Gasteiger partial charge is 0.433 e. The van der Waals surface area contributed by atoms with Gasteiger partial charge in [0.1, 0.15) is 17.8 Å². The minimum Gasteiger partial charge on any atom is -0.463 e. The van der Waals surface area contributed by atoms with Gasteiger partial charge in [0, 0.05) is 36.8 Å². The summed E-state index contributed by atoms with van der Waals surface area (Å²) >= 11 is 6.36. The van der Waals surface area contributed by atoms with E-state index in [-0.39, 0.29) is 30.2 Å². The number of carbonyl (C=O) groups is 2. The number of carboxylic acid groups (broad SMARTS) is 1. The molecule has 2 fully saturated rings. The molecule has 1 aliphatic carbocycles. The fraction of sp³-hybridized carbons (Fsp3) is 0.481. The molecule has 1 aromatic carbocycles. The Kier molecular flexibility index (Phi) is 7.44. The van der Waals surface area contributed by atoms with Crippen LogP contribution in [0.25, 0.3) is 22.4 Å². The van der Waals surface area contributed by atoms with Gasteiger partial charge in [0.25, 0.3) is 0 Å². The first-order valence-electron chi connectivity index (χ1n) is 13.2. The molecule has 11 nitrogen and oxygen atoms in total. The van der Waals surface area contributed by atoms with Crippen LogP contribution in [0, 0.1) is 11.8 Å². The number of halogens is 1. The van der Waals surface area contributed by atoms with Crippen LogP contribution in [-0.4, -0.2) is 73.5 Å². The molecule has 0 radical (unpaired) electrons. The molecule has 1 unspecified atom stereocenters. The Morgan fingerprint density at radius 2 is 1.92 bits per heavy atom. The number of carbonyl (C=O) groups excluding carboxylic acids is 1. The number of piperazine rings is 1. The SMILES string of the molecule is CC1CCC(Cn2c(N3CC(=O)N(C)CC3C)nc3nc(C(N)=NC(=O)O)nc(-c4cccc(Cl)c4)c32)CC1. The molecule has 5 rings (SSSR count). The van der Waals surface area contributed by atoms with Crippen LogP contribution in [-0.2, 0) is 11.3 Å². The number of aromatic nitrogens is 4. The van der Waals surface area contributed by atoms with Crippen molar-refractivity contribution in [3.05, 3.63) is 35.1 Å². The van der Waals surface area contributed by atoms with E-state index in [1.54, 1.807) is 17.0 Å². The number of imidazole rings is 1. The third kappa shape index (κ3) is 5.54. The van der Waals surface area contributed by atoms with E-state index in [9.17, 15) is 14.7 Å². The fourth-order valence-corrected chi connectivity index (χ4v) is 5.77. The monoisotopic (exact) mass is 552 g/mol. The molecule has 3 N–H and O–H groups in total. The van der Waals surface area contributed by atoms with Gasteiger partial charge in [0.15, 0.2) is 17.3 Å². The number of benzene rings is 1. The maximum absolute atomic E-state index is 12.8. The van der Waals surface area contributed by atoms with Crippen LogP contribution in [0.15, 0.2) is 29.3 Å². The summed E-state index contributed by atoms with van der Waals surface area (Å²) in [5, 5.41) is 9.70. The van der Waals surface area contributed by atoms with Crippen molar-refractivity contribution < 1.29 is 14.7 Å². The molecular weight excluding hydrogens is 520 g/mol. The lowest BCUT2D eigenvalue weighted by atomic mass is 9.83. The summed E-state index contributed by atoms with van der Waals surface area (Å²) in [6.07, 6.45) is 3.09. The van der Waals surface area contributed by atoms with Gasteiger partial charge in [-0.2, -0.15) is 9.98 Å². The van der Waals surface area contributed by atoms with E-state index < -0.39 is 6.09 Å². The van der Waals surface area contributed by atoms with Crippen molar-refractivity contribution in [1.29, 1.82) is 0 Å².